The molecular formula is C25H27Cl2N3O2S. The first-order valence-corrected chi connectivity index (χ1v) is 12.3. The number of hydrogen-bond acceptors (Lipinski definition) is 3. The molecule has 0 saturated carbocycles. The number of carbonyl (C=O) groups is 2. The van der Waals surface area contributed by atoms with Crippen molar-refractivity contribution in [3.8, 4) is 0 Å². The first kappa shape index (κ1) is 25.1. The molecule has 1 heterocycles. The molecule has 8 heteroatoms. The highest BCUT2D eigenvalue weighted by Crippen LogP contribution is 2.26. The van der Waals surface area contributed by atoms with Crippen LogP contribution in [0.15, 0.2) is 66.0 Å². The summed E-state index contributed by atoms with van der Waals surface area (Å²) >= 11 is 13.8. The van der Waals surface area contributed by atoms with Gasteiger partial charge >= 0.3 is 6.03 Å². The van der Waals surface area contributed by atoms with Crippen LogP contribution in [0.3, 0.4) is 0 Å². The molecule has 0 aliphatic rings. The molecule has 174 valence electrons. The van der Waals surface area contributed by atoms with Gasteiger partial charge in [-0.05, 0) is 41.1 Å². The van der Waals surface area contributed by atoms with Gasteiger partial charge in [0.1, 0.15) is 6.54 Å². The normalized spacial score (nSPS) is 10.8. The van der Waals surface area contributed by atoms with Crippen molar-refractivity contribution in [1.29, 1.82) is 0 Å². The van der Waals surface area contributed by atoms with E-state index in [0.717, 1.165) is 10.4 Å². The molecule has 0 radical (unpaired) electrons. The highest BCUT2D eigenvalue weighted by molar-refractivity contribution is 7.09. The second-order valence-electron chi connectivity index (χ2n) is 8.14. The molecular weight excluding hydrogens is 477 g/mol. The molecule has 0 unspecified atom stereocenters. The number of carbonyl (C=O) groups excluding carboxylic acids is 2. The number of benzene rings is 2. The second kappa shape index (κ2) is 12.1. The lowest BCUT2D eigenvalue weighted by Gasteiger charge is -2.29. The molecule has 3 aromatic rings. The molecule has 3 amide bonds. The Morgan fingerprint density at radius 3 is 2.36 bits per heavy atom. The Morgan fingerprint density at radius 2 is 1.73 bits per heavy atom. The third-order valence-electron chi connectivity index (χ3n) is 4.87. The number of hydrogen-bond donors (Lipinski definition) is 1. The van der Waals surface area contributed by atoms with Gasteiger partial charge in [0.05, 0.1) is 17.3 Å². The van der Waals surface area contributed by atoms with Gasteiger partial charge in [0.25, 0.3) is 0 Å². The minimum atomic E-state index is -0.378. The van der Waals surface area contributed by atoms with Gasteiger partial charge in [-0.15, -0.1) is 11.3 Å². The summed E-state index contributed by atoms with van der Waals surface area (Å²) in [5.41, 5.74) is 1.49. The molecule has 1 N–H and O–H groups in total. The minimum absolute atomic E-state index is 0.0343. The van der Waals surface area contributed by atoms with E-state index < -0.39 is 0 Å². The van der Waals surface area contributed by atoms with Crippen LogP contribution < -0.4 is 5.32 Å². The summed E-state index contributed by atoms with van der Waals surface area (Å²) in [6, 6.07) is 18.3. The fourth-order valence-electron chi connectivity index (χ4n) is 3.34. The largest absolute Gasteiger partial charge is 0.332 e. The van der Waals surface area contributed by atoms with Crippen molar-refractivity contribution in [3.05, 3.63) is 86.5 Å². The summed E-state index contributed by atoms with van der Waals surface area (Å²) in [6.45, 7) is 5.37. The molecule has 0 aliphatic carbocycles. The maximum Gasteiger partial charge on any atom is 0.322 e. The van der Waals surface area contributed by atoms with E-state index in [1.807, 2.05) is 61.7 Å². The summed E-state index contributed by atoms with van der Waals surface area (Å²) < 4.78 is 0. The zero-order valence-corrected chi connectivity index (χ0v) is 21.0. The average Bonchev–Trinajstić information content (AvgIpc) is 3.28. The van der Waals surface area contributed by atoms with Crippen LogP contribution in [0.2, 0.25) is 10.0 Å². The summed E-state index contributed by atoms with van der Waals surface area (Å²) in [5.74, 6) is 0.0642. The number of nitrogens with zero attached hydrogens (tertiary/aromatic N) is 2. The summed E-state index contributed by atoms with van der Waals surface area (Å²) in [7, 11) is 0. The zero-order chi connectivity index (χ0) is 23.8. The standard InChI is InChI=1S/C25H27Cl2N3O2S/c1-18(2)14-30(25(32)28-23-11-10-20(26)13-22(23)27)17-24(31)29(16-21-9-6-12-33-21)15-19-7-4-3-5-8-19/h3-13,18H,14-17H2,1-2H3,(H,28,32). The lowest BCUT2D eigenvalue weighted by atomic mass is 10.2. The predicted molar refractivity (Wildman–Crippen MR) is 137 cm³/mol. The van der Waals surface area contributed by atoms with Crippen molar-refractivity contribution < 1.29 is 9.59 Å². The Labute approximate surface area is 208 Å². The Hall–Kier alpha value is -2.54. The van der Waals surface area contributed by atoms with E-state index in [2.05, 4.69) is 5.32 Å². The van der Waals surface area contributed by atoms with Crippen LogP contribution >= 0.6 is 34.5 Å². The van der Waals surface area contributed by atoms with Crippen LogP contribution in [-0.4, -0.2) is 34.8 Å². The van der Waals surface area contributed by atoms with Crippen molar-refractivity contribution in [2.75, 3.05) is 18.4 Å². The number of thiophene rings is 1. The Bertz CT molecular complexity index is 1060. The fourth-order valence-corrected chi connectivity index (χ4v) is 4.51. The summed E-state index contributed by atoms with van der Waals surface area (Å²) in [5, 5.41) is 5.63. The smallest absolute Gasteiger partial charge is 0.322 e. The average molecular weight is 504 g/mol. The van der Waals surface area contributed by atoms with E-state index in [0.29, 0.717) is 35.4 Å². The van der Waals surface area contributed by atoms with Crippen molar-refractivity contribution in [2.24, 2.45) is 5.92 Å². The maximum absolute atomic E-state index is 13.4. The third kappa shape index (κ3) is 7.77. The number of rotatable bonds is 9. The van der Waals surface area contributed by atoms with E-state index in [4.69, 9.17) is 23.2 Å². The van der Waals surface area contributed by atoms with Gasteiger partial charge in [-0.3, -0.25) is 4.79 Å². The van der Waals surface area contributed by atoms with Crippen LogP contribution in [0.4, 0.5) is 10.5 Å². The molecule has 5 nitrogen and oxygen atoms in total. The van der Waals surface area contributed by atoms with Gasteiger partial charge in [0, 0.05) is 23.0 Å². The quantitative estimate of drug-likeness (QED) is 0.350. The lowest BCUT2D eigenvalue weighted by Crippen LogP contribution is -2.45. The topological polar surface area (TPSA) is 52.7 Å². The molecule has 1 aromatic heterocycles. The van der Waals surface area contributed by atoms with Crippen LogP contribution in [0.5, 0.6) is 0 Å². The van der Waals surface area contributed by atoms with Crippen molar-refractivity contribution in [2.45, 2.75) is 26.9 Å². The van der Waals surface area contributed by atoms with Gasteiger partial charge in [-0.1, -0.05) is 73.4 Å². The fraction of sp³-hybridized carbons (Fsp3) is 0.280. The number of halogens is 2. The van der Waals surface area contributed by atoms with Crippen molar-refractivity contribution >= 4 is 52.2 Å². The van der Waals surface area contributed by atoms with Crippen LogP contribution in [0.1, 0.15) is 24.3 Å². The minimum Gasteiger partial charge on any atom is -0.332 e. The van der Waals surface area contributed by atoms with E-state index >= 15 is 0 Å². The van der Waals surface area contributed by atoms with Gasteiger partial charge in [-0.2, -0.15) is 0 Å². The van der Waals surface area contributed by atoms with Crippen LogP contribution in [-0.2, 0) is 17.9 Å². The van der Waals surface area contributed by atoms with E-state index in [1.165, 1.54) is 4.90 Å². The number of nitrogens with one attached hydrogen (secondary N) is 1. The summed E-state index contributed by atoms with van der Waals surface area (Å²) in [6.07, 6.45) is 0. The number of amides is 3. The van der Waals surface area contributed by atoms with Gasteiger partial charge < -0.3 is 15.1 Å². The van der Waals surface area contributed by atoms with Crippen molar-refractivity contribution in [1.82, 2.24) is 9.80 Å². The van der Waals surface area contributed by atoms with Gasteiger partial charge in [0.15, 0.2) is 0 Å². The van der Waals surface area contributed by atoms with Crippen LogP contribution in [0.25, 0.3) is 0 Å². The number of urea groups is 1. The molecule has 33 heavy (non-hydrogen) atoms. The molecule has 0 saturated heterocycles. The Kier molecular flexibility index (Phi) is 9.18. The molecule has 3 rings (SSSR count). The van der Waals surface area contributed by atoms with Gasteiger partial charge in [0.2, 0.25) is 5.91 Å². The highest BCUT2D eigenvalue weighted by atomic mass is 35.5. The molecule has 0 aliphatic heterocycles. The molecule has 0 fully saturated rings. The Balaban J connectivity index is 1.76. The van der Waals surface area contributed by atoms with Crippen LogP contribution in [0, 0.1) is 5.92 Å². The monoisotopic (exact) mass is 503 g/mol. The second-order valence-corrected chi connectivity index (χ2v) is 10.0. The molecule has 0 spiro atoms. The Morgan fingerprint density at radius 1 is 0.970 bits per heavy atom. The zero-order valence-electron chi connectivity index (χ0n) is 18.6. The summed E-state index contributed by atoms with van der Waals surface area (Å²) in [4.78, 5) is 30.9. The van der Waals surface area contributed by atoms with E-state index in [1.54, 1.807) is 34.4 Å². The first-order valence-electron chi connectivity index (χ1n) is 10.7. The van der Waals surface area contributed by atoms with Crippen molar-refractivity contribution in [3.63, 3.8) is 0 Å². The molecule has 0 atom stereocenters. The van der Waals surface area contributed by atoms with E-state index in [9.17, 15) is 9.59 Å². The van der Waals surface area contributed by atoms with E-state index in [-0.39, 0.29) is 24.4 Å². The first-order chi connectivity index (χ1) is 15.8. The van der Waals surface area contributed by atoms with Gasteiger partial charge in [-0.25, -0.2) is 4.79 Å². The molecule has 2 aromatic carbocycles. The third-order valence-corrected chi connectivity index (χ3v) is 6.28. The maximum atomic E-state index is 13.4. The predicted octanol–water partition coefficient (Wildman–Crippen LogP) is 6.77. The highest BCUT2D eigenvalue weighted by Gasteiger charge is 2.23. The molecule has 0 bridgehead atoms. The SMILES string of the molecule is CC(C)CN(CC(=O)N(Cc1ccccc1)Cc1cccs1)C(=O)Nc1ccc(Cl)cc1Cl. The number of anilines is 1. The lowest BCUT2D eigenvalue weighted by molar-refractivity contribution is -0.133.